The number of thiocarbonyl (C=S) groups is 1. The Labute approximate surface area is 166 Å². The molecule has 0 saturated carbocycles. The maximum atomic E-state index is 12.7. The van der Waals surface area contributed by atoms with Crippen molar-refractivity contribution in [1.82, 2.24) is 9.99 Å². The molecule has 1 fully saturated rings. The van der Waals surface area contributed by atoms with E-state index < -0.39 is 0 Å². The zero-order valence-corrected chi connectivity index (χ0v) is 16.6. The van der Waals surface area contributed by atoms with Gasteiger partial charge in [-0.25, -0.2) is 4.98 Å². The third-order valence-electron chi connectivity index (χ3n) is 3.44. The van der Waals surface area contributed by atoms with Crippen LogP contribution in [-0.4, -0.2) is 20.2 Å². The first-order chi connectivity index (χ1) is 12.1. The molecule has 3 aromatic rings. The van der Waals surface area contributed by atoms with Crippen LogP contribution in [0.5, 0.6) is 0 Å². The summed E-state index contributed by atoms with van der Waals surface area (Å²) in [6, 6.07) is 15.6. The molecule has 0 unspecified atom stereocenters. The fourth-order valence-electron chi connectivity index (χ4n) is 2.33. The maximum absolute atomic E-state index is 12.7. The summed E-state index contributed by atoms with van der Waals surface area (Å²) in [7, 11) is 0. The number of aromatic nitrogens is 1. The highest BCUT2D eigenvalue weighted by molar-refractivity contribution is 9.10. The number of hydrogen-bond acceptors (Lipinski definition) is 6. The number of para-hydroxylation sites is 1. The number of halogens is 1. The van der Waals surface area contributed by atoms with E-state index in [1.54, 1.807) is 0 Å². The van der Waals surface area contributed by atoms with Crippen molar-refractivity contribution in [2.45, 2.75) is 0 Å². The molecule has 1 saturated heterocycles. The molecule has 25 heavy (non-hydrogen) atoms. The molecule has 0 radical (unpaired) electrons. The van der Waals surface area contributed by atoms with Gasteiger partial charge in [-0.2, -0.15) is 5.01 Å². The second-order valence-corrected chi connectivity index (χ2v) is 8.79. The van der Waals surface area contributed by atoms with Crippen LogP contribution in [0.3, 0.4) is 0 Å². The van der Waals surface area contributed by atoms with Gasteiger partial charge in [-0.05, 0) is 48.1 Å². The third-order valence-corrected chi connectivity index (χ3v) is 6.18. The van der Waals surface area contributed by atoms with E-state index in [2.05, 4.69) is 26.3 Å². The number of anilines is 1. The van der Waals surface area contributed by atoms with E-state index in [0.717, 1.165) is 20.3 Å². The fraction of sp³-hybridized carbons (Fsp3) is 0. The molecule has 0 atom stereocenters. The van der Waals surface area contributed by atoms with E-state index >= 15 is 0 Å². The first-order valence-corrected chi connectivity index (χ1v) is 10.1. The first-order valence-electron chi connectivity index (χ1n) is 7.26. The van der Waals surface area contributed by atoms with E-state index in [0.29, 0.717) is 14.4 Å². The summed E-state index contributed by atoms with van der Waals surface area (Å²) >= 11 is 11.5. The molecule has 1 N–H and O–H groups in total. The minimum atomic E-state index is -0.172. The van der Waals surface area contributed by atoms with E-state index in [1.165, 1.54) is 28.1 Å². The quantitative estimate of drug-likeness (QED) is 0.436. The van der Waals surface area contributed by atoms with Gasteiger partial charge in [-0.3, -0.25) is 10.2 Å². The second kappa shape index (κ2) is 6.87. The minimum Gasteiger partial charge on any atom is -0.266 e. The summed E-state index contributed by atoms with van der Waals surface area (Å²) in [6.45, 7) is 0. The fourth-order valence-corrected chi connectivity index (χ4v) is 4.78. The Morgan fingerprint density at radius 1 is 1.20 bits per heavy atom. The van der Waals surface area contributed by atoms with Gasteiger partial charge in [0.15, 0.2) is 4.32 Å². The standard InChI is InChI=1S/C17H10BrN3OS3/c18-11-5-3-4-10(8-11)9-14-15(22)21(17(23)25-14)20-16-19-12-6-1-2-7-13(12)24-16/h1-9H,(H,19,20). The summed E-state index contributed by atoms with van der Waals surface area (Å²) in [5.74, 6) is -0.172. The van der Waals surface area contributed by atoms with Gasteiger partial charge >= 0.3 is 0 Å². The number of amides is 1. The Morgan fingerprint density at radius 2 is 2.04 bits per heavy atom. The Kier molecular flexibility index (Phi) is 4.60. The summed E-state index contributed by atoms with van der Waals surface area (Å²) in [5, 5.41) is 2.02. The van der Waals surface area contributed by atoms with Crippen molar-refractivity contribution in [2.75, 3.05) is 5.43 Å². The van der Waals surface area contributed by atoms with Crippen molar-refractivity contribution in [3.05, 3.63) is 63.5 Å². The smallest absolute Gasteiger partial charge is 0.266 e. The molecule has 4 rings (SSSR count). The molecule has 1 aliphatic rings. The molecular weight excluding hydrogens is 438 g/mol. The molecule has 2 aromatic carbocycles. The highest BCUT2D eigenvalue weighted by Crippen LogP contribution is 2.34. The van der Waals surface area contributed by atoms with Gasteiger partial charge in [0.25, 0.3) is 5.91 Å². The number of hydrazine groups is 1. The number of carbonyl (C=O) groups excluding carboxylic acids is 1. The van der Waals surface area contributed by atoms with Gasteiger partial charge in [0.2, 0.25) is 5.13 Å². The van der Waals surface area contributed by atoms with Gasteiger partial charge in [-0.15, -0.1) is 0 Å². The second-order valence-electron chi connectivity index (χ2n) is 5.17. The number of benzene rings is 2. The molecule has 2 heterocycles. The first kappa shape index (κ1) is 16.7. The lowest BCUT2D eigenvalue weighted by atomic mass is 10.2. The van der Waals surface area contributed by atoms with Crippen LogP contribution in [-0.2, 0) is 4.79 Å². The Morgan fingerprint density at radius 3 is 2.84 bits per heavy atom. The monoisotopic (exact) mass is 447 g/mol. The summed E-state index contributed by atoms with van der Waals surface area (Å²) in [5.41, 5.74) is 4.87. The predicted octanol–water partition coefficient (Wildman–Crippen LogP) is 5.29. The van der Waals surface area contributed by atoms with E-state index in [4.69, 9.17) is 12.2 Å². The number of hydrogen-bond donors (Lipinski definition) is 1. The predicted molar refractivity (Wildman–Crippen MR) is 112 cm³/mol. The van der Waals surface area contributed by atoms with Crippen molar-refractivity contribution in [3.8, 4) is 0 Å². The lowest BCUT2D eigenvalue weighted by Crippen LogP contribution is -2.33. The van der Waals surface area contributed by atoms with Gasteiger partial charge in [0.05, 0.1) is 15.1 Å². The molecular formula is C17H10BrN3OS3. The lowest BCUT2D eigenvalue weighted by molar-refractivity contribution is -0.121. The van der Waals surface area contributed by atoms with Crippen LogP contribution in [0.1, 0.15) is 5.56 Å². The molecule has 0 bridgehead atoms. The minimum absolute atomic E-state index is 0.172. The van der Waals surface area contributed by atoms with Gasteiger partial charge < -0.3 is 0 Å². The van der Waals surface area contributed by atoms with Crippen LogP contribution in [0.2, 0.25) is 0 Å². The zero-order valence-electron chi connectivity index (χ0n) is 12.6. The van der Waals surface area contributed by atoms with Crippen LogP contribution < -0.4 is 5.43 Å². The number of rotatable bonds is 3. The van der Waals surface area contributed by atoms with Gasteiger partial charge in [0, 0.05) is 4.47 Å². The Balaban J connectivity index is 1.58. The number of fused-ring (bicyclic) bond motifs is 1. The zero-order chi connectivity index (χ0) is 17.4. The lowest BCUT2D eigenvalue weighted by Gasteiger charge is -2.14. The molecule has 8 heteroatoms. The average molecular weight is 448 g/mol. The summed E-state index contributed by atoms with van der Waals surface area (Å²) in [4.78, 5) is 17.7. The largest absolute Gasteiger partial charge is 0.285 e. The summed E-state index contributed by atoms with van der Waals surface area (Å²) in [6.07, 6.45) is 1.84. The number of nitrogens with zero attached hydrogens (tertiary/aromatic N) is 2. The van der Waals surface area contributed by atoms with Crippen LogP contribution in [0.15, 0.2) is 57.9 Å². The highest BCUT2D eigenvalue weighted by atomic mass is 79.9. The molecule has 4 nitrogen and oxygen atoms in total. The van der Waals surface area contributed by atoms with Crippen molar-refractivity contribution >= 4 is 82.9 Å². The van der Waals surface area contributed by atoms with E-state index in [-0.39, 0.29) is 5.91 Å². The number of nitrogens with one attached hydrogen (secondary N) is 1. The van der Waals surface area contributed by atoms with Gasteiger partial charge in [0.1, 0.15) is 0 Å². The van der Waals surface area contributed by atoms with Crippen LogP contribution in [0.25, 0.3) is 16.3 Å². The molecule has 0 spiro atoms. The average Bonchev–Trinajstić information content (AvgIpc) is 3.11. The SMILES string of the molecule is O=C1C(=Cc2cccc(Br)c2)SC(=S)N1Nc1nc2ccccc2s1. The molecule has 0 aliphatic carbocycles. The number of thiazole rings is 1. The van der Waals surface area contributed by atoms with Gasteiger partial charge in [-0.1, -0.05) is 63.3 Å². The van der Waals surface area contributed by atoms with Crippen molar-refractivity contribution in [1.29, 1.82) is 0 Å². The highest BCUT2D eigenvalue weighted by Gasteiger charge is 2.33. The topological polar surface area (TPSA) is 45.2 Å². The van der Waals surface area contributed by atoms with E-state index in [9.17, 15) is 4.79 Å². The molecule has 124 valence electrons. The normalized spacial score (nSPS) is 16.2. The van der Waals surface area contributed by atoms with Crippen molar-refractivity contribution in [2.24, 2.45) is 0 Å². The van der Waals surface area contributed by atoms with Crippen LogP contribution >= 0.6 is 51.2 Å². The Bertz CT molecular complexity index is 998. The molecule has 1 aromatic heterocycles. The van der Waals surface area contributed by atoms with Crippen molar-refractivity contribution < 1.29 is 4.79 Å². The Hall–Kier alpha value is -1.74. The van der Waals surface area contributed by atoms with Crippen molar-refractivity contribution in [3.63, 3.8) is 0 Å². The maximum Gasteiger partial charge on any atom is 0.285 e. The van der Waals surface area contributed by atoms with Crippen LogP contribution in [0.4, 0.5) is 5.13 Å². The van der Waals surface area contributed by atoms with E-state index in [1.807, 2.05) is 54.6 Å². The molecule has 1 aliphatic heterocycles. The number of carbonyl (C=O) groups is 1. The molecule has 1 amide bonds. The number of thioether (sulfide) groups is 1. The van der Waals surface area contributed by atoms with Crippen LogP contribution in [0, 0.1) is 0 Å². The summed E-state index contributed by atoms with van der Waals surface area (Å²) < 4.78 is 2.48. The third kappa shape index (κ3) is 3.48.